The maximum Gasteiger partial charge on any atom is 0.255 e. The van der Waals surface area contributed by atoms with E-state index in [-0.39, 0.29) is 5.91 Å². The molecule has 2 atom stereocenters. The van der Waals surface area contributed by atoms with Crippen molar-refractivity contribution in [3.05, 3.63) is 102 Å². The van der Waals surface area contributed by atoms with Crippen LogP contribution in [0.2, 0.25) is 0 Å². The molecule has 0 radical (unpaired) electrons. The van der Waals surface area contributed by atoms with Crippen molar-refractivity contribution in [2.45, 2.75) is 49.4 Å². The van der Waals surface area contributed by atoms with E-state index in [2.05, 4.69) is 59.9 Å². The molecule has 4 aliphatic rings. The molecule has 4 aliphatic carbocycles. The monoisotopic (exact) mass is 407 g/mol. The molecule has 0 spiro atoms. The number of anilines is 1. The van der Waals surface area contributed by atoms with Gasteiger partial charge in [0, 0.05) is 11.3 Å². The van der Waals surface area contributed by atoms with E-state index in [1.54, 1.807) is 5.56 Å². The fraction of sp³-hybridized carbons (Fsp3) is 0.345. The summed E-state index contributed by atoms with van der Waals surface area (Å²) in [5.74, 6) is 1.64. The summed E-state index contributed by atoms with van der Waals surface area (Å²) in [4.78, 5) is 12.5. The first-order valence-corrected chi connectivity index (χ1v) is 11.7. The van der Waals surface area contributed by atoms with Crippen molar-refractivity contribution in [3.63, 3.8) is 0 Å². The quantitative estimate of drug-likeness (QED) is 0.510. The summed E-state index contributed by atoms with van der Waals surface area (Å²) in [6.07, 6.45) is 8.07. The van der Waals surface area contributed by atoms with Crippen molar-refractivity contribution in [2.75, 3.05) is 5.32 Å². The van der Waals surface area contributed by atoms with E-state index in [1.807, 2.05) is 30.3 Å². The highest BCUT2D eigenvalue weighted by atomic mass is 16.1. The Kier molecular flexibility index (Phi) is 4.31. The van der Waals surface area contributed by atoms with Crippen LogP contribution in [0.5, 0.6) is 0 Å². The van der Waals surface area contributed by atoms with Crippen molar-refractivity contribution in [1.29, 1.82) is 0 Å². The topological polar surface area (TPSA) is 29.1 Å². The van der Waals surface area contributed by atoms with Crippen LogP contribution < -0.4 is 5.32 Å². The Hall–Kier alpha value is -2.87. The van der Waals surface area contributed by atoms with Crippen LogP contribution in [-0.4, -0.2) is 5.91 Å². The van der Waals surface area contributed by atoms with Gasteiger partial charge in [0.05, 0.1) is 0 Å². The molecule has 4 saturated carbocycles. The van der Waals surface area contributed by atoms with Crippen molar-refractivity contribution < 1.29 is 4.79 Å². The van der Waals surface area contributed by atoms with Gasteiger partial charge in [-0.05, 0) is 96.6 Å². The molecule has 0 aromatic heterocycles. The number of carbonyl (C=O) groups excluding carboxylic acids is 1. The maximum absolute atomic E-state index is 12.5. The maximum atomic E-state index is 12.5. The van der Waals surface area contributed by atoms with Gasteiger partial charge in [0.2, 0.25) is 0 Å². The lowest BCUT2D eigenvalue weighted by molar-refractivity contribution is -0.0281. The lowest BCUT2D eigenvalue weighted by Gasteiger charge is -2.62. The Labute approximate surface area is 184 Å². The van der Waals surface area contributed by atoms with Crippen molar-refractivity contribution in [1.82, 2.24) is 0 Å². The predicted octanol–water partition coefficient (Wildman–Crippen LogP) is 6.73. The third-order valence-corrected chi connectivity index (χ3v) is 8.24. The molecule has 4 bridgehead atoms. The van der Waals surface area contributed by atoms with Crippen LogP contribution in [0.25, 0.3) is 0 Å². The number of amides is 1. The first kappa shape index (κ1) is 18.9. The highest BCUT2D eigenvalue weighted by molar-refractivity contribution is 6.04. The number of benzene rings is 3. The SMILES string of the molecule is O=C(Nc1ccc(C23C[C@@H]4C[C@H](CC(c5ccccc5)(C4)C2)C3)cc1)c1ccccc1. The molecule has 4 fully saturated rings. The molecule has 3 aromatic rings. The van der Waals surface area contributed by atoms with E-state index in [0.29, 0.717) is 16.4 Å². The summed E-state index contributed by atoms with van der Waals surface area (Å²) < 4.78 is 0. The van der Waals surface area contributed by atoms with Crippen molar-refractivity contribution >= 4 is 11.6 Å². The summed E-state index contributed by atoms with van der Waals surface area (Å²) in [5.41, 5.74) is 5.24. The minimum absolute atomic E-state index is 0.0498. The number of nitrogens with one attached hydrogen (secondary N) is 1. The summed E-state index contributed by atoms with van der Waals surface area (Å²) in [6, 6.07) is 29.5. The smallest absolute Gasteiger partial charge is 0.255 e. The second kappa shape index (κ2) is 7.09. The van der Waals surface area contributed by atoms with Gasteiger partial charge < -0.3 is 5.32 Å². The van der Waals surface area contributed by atoms with E-state index in [4.69, 9.17) is 0 Å². The molecule has 31 heavy (non-hydrogen) atoms. The van der Waals surface area contributed by atoms with Gasteiger partial charge in [-0.25, -0.2) is 0 Å². The molecule has 1 amide bonds. The Morgan fingerprint density at radius 2 is 1.19 bits per heavy atom. The van der Waals surface area contributed by atoms with E-state index < -0.39 is 0 Å². The van der Waals surface area contributed by atoms with Crippen molar-refractivity contribution in [2.24, 2.45) is 11.8 Å². The van der Waals surface area contributed by atoms with Gasteiger partial charge in [0.1, 0.15) is 0 Å². The van der Waals surface area contributed by atoms with Gasteiger partial charge in [-0.3, -0.25) is 4.79 Å². The number of carbonyl (C=O) groups is 1. The average Bonchev–Trinajstić information content (AvgIpc) is 2.80. The number of hydrogen-bond acceptors (Lipinski definition) is 1. The van der Waals surface area contributed by atoms with Gasteiger partial charge in [0.15, 0.2) is 0 Å². The molecule has 156 valence electrons. The Bertz CT molecular complexity index is 1070. The zero-order chi connectivity index (χ0) is 20.9. The normalized spacial score (nSPS) is 30.8. The largest absolute Gasteiger partial charge is 0.322 e. The first-order valence-electron chi connectivity index (χ1n) is 11.7. The summed E-state index contributed by atoms with van der Waals surface area (Å²) >= 11 is 0. The standard InChI is InChI=1S/C29H29NO/c31-27(23-7-3-1-4-8-23)30-26-13-11-25(12-14-26)29-18-21-15-22(19-29)17-28(16-21,20-29)24-9-5-2-6-10-24/h1-14,21-22H,15-20H2,(H,30,31)/t21-,22-,28?,29?/m1/s1. The lowest BCUT2D eigenvalue weighted by Crippen LogP contribution is -2.55. The minimum atomic E-state index is -0.0498. The molecule has 1 N–H and O–H groups in total. The fourth-order valence-electron chi connectivity index (χ4n) is 7.43. The minimum Gasteiger partial charge on any atom is -0.322 e. The molecule has 0 unspecified atom stereocenters. The zero-order valence-electron chi connectivity index (χ0n) is 17.9. The molecule has 0 saturated heterocycles. The van der Waals surface area contributed by atoms with Crippen LogP contribution >= 0.6 is 0 Å². The molecular formula is C29H29NO. The van der Waals surface area contributed by atoms with Gasteiger partial charge in [-0.15, -0.1) is 0 Å². The van der Waals surface area contributed by atoms with Crippen LogP contribution in [0.4, 0.5) is 5.69 Å². The van der Waals surface area contributed by atoms with E-state index in [1.165, 1.54) is 44.1 Å². The summed E-state index contributed by atoms with van der Waals surface area (Å²) in [5, 5.41) is 3.05. The molecule has 2 heteroatoms. The second-order valence-corrected chi connectivity index (χ2v) is 10.3. The van der Waals surface area contributed by atoms with Gasteiger partial charge >= 0.3 is 0 Å². The Morgan fingerprint density at radius 3 is 1.77 bits per heavy atom. The van der Waals surface area contributed by atoms with Gasteiger partial charge in [0.25, 0.3) is 5.91 Å². The third kappa shape index (κ3) is 3.20. The summed E-state index contributed by atoms with van der Waals surface area (Å²) in [6.45, 7) is 0. The molecule has 3 aromatic carbocycles. The van der Waals surface area contributed by atoms with Crippen molar-refractivity contribution in [3.8, 4) is 0 Å². The van der Waals surface area contributed by atoms with Crippen LogP contribution in [0, 0.1) is 11.8 Å². The van der Waals surface area contributed by atoms with E-state index in [0.717, 1.165) is 17.5 Å². The second-order valence-electron chi connectivity index (χ2n) is 10.3. The highest BCUT2D eigenvalue weighted by Crippen LogP contribution is 2.66. The number of rotatable bonds is 4. The summed E-state index contributed by atoms with van der Waals surface area (Å²) in [7, 11) is 0. The molecule has 0 aliphatic heterocycles. The van der Waals surface area contributed by atoms with Gasteiger partial charge in [-0.2, -0.15) is 0 Å². The van der Waals surface area contributed by atoms with E-state index >= 15 is 0 Å². The third-order valence-electron chi connectivity index (χ3n) is 8.24. The van der Waals surface area contributed by atoms with Gasteiger partial charge in [-0.1, -0.05) is 60.7 Å². The molecule has 2 nitrogen and oxygen atoms in total. The molecule has 7 rings (SSSR count). The fourth-order valence-corrected chi connectivity index (χ4v) is 7.43. The molecular weight excluding hydrogens is 378 g/mol. The van der Waals surface area contributed by atoms with Crippen LogP contribution in [0.1, 0.15) is 60.0 Å². The zero-order valence-corrected chi connectivity index (χ0v) is 17.9. The van der Waals surface area contributed by atoms with Crippen LogP contribution in [0.3, 0.4) is 0 Å². The predicted molar refractivity (Wildman–Crippen MR) is 125 cm³/mol. The van der Waals surface area contributed by atoms with Crippen LogP contribution in [-0.2, 0) is 10.8 Å². The van der Waals surface area contributed by atoms with E-state index in [9.17, 15) is 4.79 Å². The highest BCUT2D eigenvalue weighted by Gasteiger charge is 2.58. The molecule has 0 heterocycles. The number of hydrogen-bond donors (Lipinski definition) is 1. The lowest BCUT2D eigenvalue weighted by atomic mass is 9.42. The Morgan fingerprint density at radius 1 is 0.677 bits per heavy atom. The first-order chi connectivity index (χ1) is 15.1. The Balaban J connectivity index is 1.28. The average molecular weight is 408 g/mol. The van der Waals surface area contributed by atoms with Crippen LogP contribution in [0.15, 0.2) is 84.9 Å².